The molecule has 0 saturated heterocycles. The molecule has 1 amide bonds. The molecular weight excluding hydrogens is 290 g/mol. The molecular formula is C18H21N3O2. The molecule has 0 fully saturated rings. The standard InChI is InChI=1S/C18H21N3O2/c1-14(23)20-18-12-17(8-10-19-18)21(2)13-16(9-11-22)15-6-4-3-5-7-15/h3-8,10-12,16H,9,13H2,1-2H3,(H,19,20,23). The van der Waals surface area contributed by atoms with Gasteiger partial charge in [0.25, 0.3) is 0 Å². The summed E-state index contributed by atoms with van der Waals surface area (Å²) in [7, 11) is 1.97. The van der Waals surface area contributed by atoms with Crippen molar-refractivity contribution in [1.29, 1.82) is 0 Å². The number of aromatic nitrogens is 1. The molecule has 0 saturated carbocycles. The molecule has 0 spiro atoms. The molecule has 1 aromatic carbocycles. The van der Waals surface area contributed by atoms with Crippen LogP contribution in [0.1, 0.15) is 24.8 Å². The number of carbonyl (C=O) groups excluding carboxylic acids is 2. The van der Waals surface area contributed by atoms with Crippen molar-refractivity contribution in [3.63, 3.8) is 0 Å². The van der Waals surface area contributed by atoms with Gasteiger partial charge in [-0.1, -0.05) is 30.3 Å². The lowest BCUT2D eigenvalue weighted by Crippen LogP contribution is -2.25. The summed E-state index contributed by atoms with van der Waals surface area (Å²) in [5.74, 6) is 0.491. The molecule has 1 N–H and O–H groups in total. The Morgan fingerprint density at radius 1 is 1.30 bits per heavy atom. The van der Waals surface area contributed by atoms with Crippen LogP contribution in [0.4, 0.5) is 11.5 Å². The molecule has 0 bridgehead atoms. The maximum absolute atomic E-state index is 11.1. The van der Waals surface area contributed by atoms with Gasteiger partial charge < -0.3 is 15.0 Å². The van der Waals surface area contributed by atoms with Crippen molar-refractivity contribution in [3.8, 4) is 0 Å². The Morgan fingerprint density at radius 2 is 2.04 bits per heavy atom. The minimum Gasteiger partial charge on any atom is -0.374 e. The van der Waals surface area contributed by atoms with Gasteiger partial charge in [0.05, 0.1) is 0 Å². The monoisotopic (exact) mass is 311 g/mol. The normalized spacial score (nSPS) is 11.6. The van der Waals surface area contributed by atoms with E-state index in [0.717, 1.165) is 17.5 Å². The second-order valence-electron chi connectivity index (χ2n) is 5.47. The van der Waals surface area contributed by atoms with Gasteiger partial charge in [0, 0.05) is 50.8 Å². The fourth-order valence-electron chi connectivity index (χ4n) is 2.50. The van der Waals surface area contributed by atoms with E-state index >= 15 is 0 Å². The van der Waals surface area contributed by atoms with Gasteiger partial charge in [0.2, 0.25) is 5.91 Å². The number of aldehydes is 1. The van der Waals surface area contributed by atoms with E-state index in [1.54, 1.807) is 6.20 Å². The lowest BCUT2D eigenvalue weighted by molar-refractivity contribution is -0.114. The van der Waals surface area contributed by atoms with E-state index in [2.05, 4.69) is 15.2 Å². The molecule has 0 radical (unpaired) electrons. The number of pyridine rings is 1. The fraction of sp³-hybridized carbons (Fsp3) is 0.278. The largest absolute Gasteiger partial charge is 0.374 e. The molecule has 1 aromatic heterocycles. The molecule has 0 aliphatic rings. The lowest BCUT2D eigenvalue weighted by atomic mass is 9.95. The number of nitrogens with one attached hydrogen (secondary N) is 1. The predicted molar refractivity (Wildman–Crippen MR) is 91.7 cm³/mol. The topological polar surface area (TPSA) is 62.3 Å². The maximum atomic E-state index is 11.1. The number of rotatable bonds is 7. The van der Waals surface area contributed by atoms with Crippen molar-refractivity contribution < 1.29 is 9.59 Å². The average Bonchev–Trinajstić information content (AvgIpc) is 2.55. The summed E-state index contributed by atoms with van der Waals surface area (Å²) in [6.45, 7) is 2.15. The molecule has 120 valence electrons. The number of hydrogen-bond donors (Lipinski definition) is 1. The second-order valence-corrected chi connectivity index (χ2v) is 5.47. The number of nitrogens with zero attached hydrogens (tertiary/aromatic N) is 2. The Kier molecular flexibility index (Phi) is 5.86. The first kappa shape index (κ1) is 16.7. The Balaban J connectivity index is 2.14. The van der Waals surface area contributed by atoms with Crippen molar-refractivity contribution in [3.05, 3.63) is 54.2 Å². The highest BCUT2D eigenvalue weighted by atomic mass is 16.1. The van der Waals surface area contributed by atoms with E-state index in [9.17, 15) is 9.59 Å². The highest BCUT2D eigenvalue weighted by Gasteiger charge is 2.14. The second kappa shape index (κ2) is 8.08. The van der Waals surface area contributed by atoms with Crippen LogP contribution in [0.3, 0.4) is 0 Å². The Bertz CT molecular complexity index is 658. The first-order valence-corrected chi connectivity index (χ1v) is 7.53. The summed E-state index contributed by atoms with van der Waals surface area (Å²) >= 11 is 0. The van der Waals surface area contributed by atoms with Crippen molar-refractivity contribution in [2.24, 2.45) is 0 Å². The van der Waals surface area contributed by atoms with Crippen LogP contribution in [-0.4, -0.2) is 30.8 Å². The molecule has 23 heavy (non-hydrogen) atoms. The maximum Gasteiger partial charge on any atom is 0.222 e. The van der Waals surface area contributed by atoms with Crippen molar-refractivity contribution in [2.45, 2.75) is 19.3 Å². The van der Waals surface area contributed by atoms with Crippen LogP contribution in [0, 0.1) is 0 Å². The summed E-state index contributed by atoms with van der Waals surface area (Å²) < 4.78 is 0. The van der Waals surface area contributed by atoms with E-state index in [1.165, 1.54) is 6.92 Å². The third-order valence-corrected chi connectivity index (χ3v) is 3.63. The van der Waals surface area contributed by atoms with Crippen LogP contribution in [0.5, 0.6) is 0 Å². The van der Waals surface area contributed by atoms with Gasteiger partial charge in [-0.25, -0.2) is 4.98 Å². The summed E-state index contributed by atoms with van der Waals surface area (Å²) in [5.41, 5.74) is 2.08. The van der Waals surface area contributed by atoms with Crippen LogP contribution >= 0.6 is 0 Å². The first-order valence-electron chi connectivity index (χ1n) is 7.53. The number of hydrogen-bond acceptors (Lipinski definition) is 4. The quantitative estimate of drug-likeness (QED) is 0.799. The van der Waals surface area contributed by atoms with Crippen molar-refractivity contribution in [1.82, 2.24) is 4.98 Å². The lowest BCUT2D eigenvalue weighted by Gasteiger charge is -2.25. The van der Waals surface area contributed by atoms with Crippen molar-refractivity contribution in [2.75, 3.05) is 23.8 Å². The van der Waals surface area contributed by atoms with Crippen LogP contribution in [-0.2, 0) is 9.59 Å². The van der Waals surface area contributed by atoms with Gasteiger partial charge >= 0.3 is 0 Å². The van der Waals surface area contributed by atoms with Gasteiger partial charge in [-0.2, -0.15) is 0 Å². The first-order chi connectivity index (χ1) is 11.1. The summed E-state index contributed by atoms with van der Waals surface area (Å²) in [6, 6.07) is 13.7. The molecule has 0 aliphatic heterocycles. The van der Waals surface area contributed by atoms with Gasteiger partial charge in [0.15, 0.2) is 0 Å². The molecule has 2 rings (SSSR count). The molecule has 1 unspecified atom stereocenters. The Morgan fingerprint density at radius 3 is 2.70 bits per heavy atom. The van der Waals surface area contributed by atoms with Crippen LogP contribution in [0.15, 0.2) is 48.7 Å². The van der Waals surface area contributed by atoms with E-state index in [-0.39, 0.29) is 11.8 Å². The minimum atomic E-state index is -0.152. The van der Waals surface area contributed by atoms with E-state index in [1.807, 2.05) is 49.5 Å². The molecule has 1 heterocycles. The molecule has 5 nitrogen and oxygen atoms in total. The zero-order valence-corrected chi connectivity index (χ0v) is 13.4. The number of likely N-dealkylation sites (N-methyl/N-ethyl adjacent to an activating group) is 1. The summed E-state index contributed by atoms with van der Waals surface area (Å²) in [5, 5.41) is 2.68. The number of benzene rings is 1. The molecule has 2 aromatic rings. The fourth-order valence-corrected chi connectivity index (χ4v) is 2.50. The van der Waals surface area contributed by atoms with Gasteiger partial charge in [0.1, 0.15) is 12.1 Å². The zero-order chi connectivity index (χ0) is 16.7. The Labute approximate surface area is 136 Å². The number of anilines is 2. The third-order valence-electron chi connectivity index (χ3n) is 3.63. The average molecular weight is 311 g/mol. The predicted octanol–water partition coefficient (Wildman–Crippen LogP) is 2.85. The van der Waals surface area contributed by atoms with E-state index in [0.29, 0.717) is 18.8 Å². The van der Waals surface area contributed by atoms with Gasteiger partial charge in [-0.05, 0) is 11.6 Å². The zero-order valence-electron chi connectivity index (χ0n) is 13.4. The third kappa shape index (κ3) is 4.92. The van der Waals surface area contributed by atoms with Gasteiger partial charge in [-0.3, -0.25) is 4.79 Å². The number of amides is 1. The van der Waals surface area contributed by atoms with Crippen LogP contribution in [0.25, 0.3) is 0 Å². The highest BCUT2D eigenvalue weighted by Crippen LogP contribution is 2.23. The smallest absolute Gasteiger partial charge is 0.222 e. The molecule has 5 heteroatoms. The summed E-state index contributed by atoms with van der Waals surface area (Å²) in [6.07, 6.45) is 3.09. The van der Waals surface area contributed by atoms with E-state index in [4.69, 9.17) is 0 Å². The molecule has 1 atom stereocenters. The van der Waals surface area contributed by atoms with Gasteiger partial charge in [-0.15, -0.1) is 0 Å². The SMILES string of the molecule is CC(=O)Nc1cc(N(C)CC(CC=O)c2ccccc2)ccn1. The van der Waals surface area contributed by atoms with Crippen LogP contribution < -0.4 is 10.2 Å². The van der Waals surface area contributed by atoms with Crippen molar-refractivity contribution >= 4 is 23.7 Å². The summed E-state index contributed by atoms with van der Waals surface area (Å²) in [4.78, 5) is 28.3. The highest BCUT2D eigenvalue weighted by molar-refractivity contribution is 5.88. The Hall–Kier alpha value is -2.69. The minimum absolute atomic E-state index is 0.121. The molecule has 0 aliphatic carbocycles. The number of carbonyl (C=O) groups is 2. The van der Waals surface area contributed by atoms with E-state index < -0.39 is 0 Å². The van der Waals surface area contributed by atoms with Crippen LogP contribution in [0.2, 0.25) is 0 Å².